The summed E-state index contributed by atoms with van der Waals surface area (Å²) in [5.41, 5.74) is 4.12. The van der Waals surface area contributed by atoms with Gasteiger partial charge in [-0.25, -0.2) is 14.0 Å². The van der Waals surface area contributed by atoms with Crippen molar-refractivity contribution in [3.63, 3.8) is 0 Å². The molecule has 4 aromatic rings. The van der Waals surface area contributed by atoms with Gasteiger partial charge < -0.3 is 4.90 Å². The molecule has 10 nitrogen and oxygen atoms in total. The van der Waals surface area contributed by atoms with Crippen LogP contribution in [0.5, 0.6) is 0 Å². The van der Waals surface area contributed by atoms with Gasteiger partial charge in [0.2, 0.25) is 0 Å². The number of nitrogens with zero attached hydrogens (tertiary/aromatic N) is 9. The van der Waals surface area contributed by atoms with Crippen molar-refractivity contribution in [3.05, 3.63) is 57.9 Å². The summed E-state index contributed by atoms with van der Waals surface area (Å²) in [5.74, 6) is 0.778. The average molecular weight is 474 g/mol. The first kappa shape index (κ1) is 23.1. The molecule has 0 N–H and O–H groups in total. The van der Waals surface area contributed by atoms with Gasteiger partial charge in [0.25, 0.3) is 5.56 Å². The molecule has 0 radical (unpaired) electrons. The molecular formula is C25H31N9O. The maximum absolute atomic E-state index is 12.8. The smallest absolute Gasteiger partial charge is 0.255 e. The van der Waals surface area contributed by atoms with Crippen molar-refractivity contribution in [2.45, 2.75) is 58.7 Å². The monoisotopic (exact) mass is 473 g/mol. The first-order chi connectivity index (χ1) is 16.8. The van der Waals surface area contributed by atoms with Gasteiger partial charge in [0.15, 0.2) is 5.65 Å². The second kappa shape index (κ2) is 8.82. The number of piperazine rings is 1. The predicted molar refractivity (Wildman–Crippen MR) is 133 cm³/mol. The third-order valence-corrected chi connectivity index (χ3v) is 7.19. The van der Waals surface area contributed by atoms with Gasteiger partial charge in [-0.3, -0.25) is 14.3 Å². The zero-order valence-corrected chi connectivity index (χ0v) is 20.9. The molecular weight excluding hydrogens is 442 g/mol. The van der Waals surface area contributed by atoms with Gasteiger partial charge in [0.1, 0.15) is 11.5 Å². The van der Waals surface area contributed by atoms with E-state index in [4.69, 9.17) is 10.2 Å². The molecule has 3 atom stereocenters. The van der Waals surface area contributed by atoms with Crippen molar-refractivity contribution in [2.75, 3.05) is 18.0 Å². The third-order valence-electron chi connectivity index (χ3n) is 7.19. The van der Waals surface area contributed by atoms with E-state index in [0.29, 0.717) is 11.3 Å². The summed E-state index contributed by atoms with van der Waals surface area (Å²) in [5, 5.41) is 18.2. The summed E-state index contributed by atoms with van der Waals surface area (Å²) >= 11 is 0. The standard InChI is InChI=1S/C25H31N9O/c1-6-20-15-31(24-13-25(35)30(5)23-12-19(7-9-26)29-34(23)24)17(3)14-32(20)18(4)21-8-10-33-22(27-21)11-16(2)28-33/h8,10-13,17-18,20H,6-7,14-15H2,1-5H3/t17-,18+,20+/m0/s1. The van der Waals surface area contributed by atoms with E-state index in [-0.39, 0.29) is 30.1 Å². The number of aryl methyl sites for hydroxylation is 2. The van der Waals surface area contributed by atoms with Crippen LogP contribution in [-0.4, -0.2) is 58.9 Å². The lowest BCUT2D eigenvalue weighted by Crippen LogP contribution is -2.58. The van der Waals surface area contributed by atoms with Crippen molar-refractivity contribution in [1.29, 1.82) is 5.26 Å². The van der Waals surface area contributed by atoms with Crippen LogP contribution >= 0.6 is 0 Å². The molecule has 35 heavy (non-hydrogen) atoms. The highest BCUT2D eigenvalue weighted by molar-refractivity contribution is 5.52. The minimum absolute atomic E-state index is 0.0828. The Bertz CT molecular complexity index is 1490. The summed E-state index contributed by atoms with van der Waals surface area (Å²) in [6.07, 6.45) is 3.16. The normalized spacial score (nSPS) is 19.9. The molecule has 0 unspecified atom stereocenters. The fourth-order valence-corrected chi connectivity index (χ4v) is 5.22. The quantitative estimate of drug-likeness (QED) is 0.439. The van der Waals surface area contributed by atoms with E-state index in [0.717, 1.165) is 42.4 Å². The Hall–Kier alpha value is -3.71. The van der Waals surface area contributed by atoms with E-state index in [1.807, 2.05) is 34.3 Å². The Kier molecular flexibility index (Phi) is 5.81. The maximum Gasteiger partial charge on any atom is 0.255 e. The lowest BCUT2D eigenvalue weighted by Gasteiger charge is -2.48. The summed E-state index contributed by atoms with van der Waals surface area (Å²) < 4.78 is 5.21. The SMILES string of the molecule is CC[C@@H]1CN(c2cc(=O)n(C)c3cc(CC#N)nn23)[C@@H](C)CN1[C@H](C)c1ccn2nc(C)cc2n1. The van der Waals surface area contributed by atoms with Crippen LogP contribution in [0.2, 0.25) is 0 Å². The van der Waals surface area contributed by atoms with Crippen molar-refractivity contribution < 1.29 is 0 Å². The van der Waals surface area contributed by atoms with Gasteiger partial charge in [0, 0.05) is 62.7 Å². The predicted octanol–water partition coefficient (Wildman–Crippen LogP) is 2.50. The topological polar surface area (TPSA) is 99.8 Å². The van der Waals surface area contributed by atoms with Crippen LogP contribution in [0, 0.1) is 18.3 Å². The summed E-state index contributed by atoms with van der Waals surface area (Å²) in [6, 6.07) is 10.3. The molecule has 1 aliphatic heterocycles. The number of anilines is 1. The Morgan fingerprint density at radius 2 is 2.03 bits per heavy atom. The summed E-state index contributed by atoms with van der Waals surface area (Å²) in [7, 11) is 1.74. The minimum Gasteiger partial charge on any atom is -0.351 e. The molecule has 0 aliphatic carbocycles. The molecule has 182 valence electrons. The lowest BCUT2D eigenvalue weighted by molar-refractivity contribution is 0.103. The molecule has 0 spiro atoms. The Labute approximate surface area is 204 Å². The summed E-state index contributed by atoms with van der Waals surface area (Å²) in [4.78, 5) is 22.5. The second-order valence-corrected chi connectivity index (χ2v) is 9.52. The highest BCUT2D eigenvalue weighted by Gasteiger charge is 2.35. The van der Waals surface area contributed by atoms with Gasteiger partial charge >= 0.3 is 0 Å². The average Bonchev–Trinajstić information content (AvgIpc) is 3.43. The van der Waals surface area contributed by atoms with Crippen LogP contribution < -0.4 is 10.5 Å². The van der Waals surface area contributed by atoms with Crippen LogP contribution in [0.25, 0.3) is 11.3 Å². The fraction of sp³-hybridized carbons (Fsp3) is 0.480. The van der Waals surface area contributed by atoms with Gasteiger partial charge in [-0.05, 0) is 33.3 Å². The van der Waals surface area contributed by atoms with Crippen LogP contribution in [0.15, 0.2) is 35.3 Å². The van der Waals surface area contributed by atoms with Crippen LogP contribution in [0.3, 0.4) is 0 Å². The zero-order chi connectivity index (χ0) is 24.9. The highest BCUT2D eigenvalue weighted by Crippen LogP contribution is 2.30. The van der Waals surface area contributed by atoms with E-state index in [2.05, 4.69) is 52.9 Å². The molecule has 0 amide bonds. The number of nitriles is 1. The Morgan fingerprint density at radius 1 is 1.23 bits per heavy atom. The third kappa shape index (κ3) is 3.96. The largest absolute Gasteiger partial charge is 0.351 e. The van der Waals surface area contributed by atoms with Gasteiger partial charge in [-0.2, -0.15) is 15.5 Å². The number of aromatic nitrogens is 6. The number of rotatable bonds is 5. The molecule has 0 aromatic carbocycles. The van der Waals surface area contributed by atoms with E-state index in [9.17, 15) is 4.79 Å². The molecule has 1 fully saturated rings. The second-order valence-electron chi connectivity index (χ2n) is 9.52. The van der Waals surface area contributed by atoms with E-state index < -0.39 is 0 Å². The fourth-order valence-electron chi connectivity index (χ4n) is 5.22. The molecule has 5 rings (SSSR count). The number of hydrogen-bond donors (Lipinski definition) is 0. The van der Waals surface area contributed by atoms with Crippen molar-refractivity contribution in [1.82, 2.24) is 33.7 Å². The van der Waals surface area contributed by atoms with E-state index >= 15 is 0 Å². The van der Waals surface area contributed by atoms with Gasteiger partial charge in [-0.15, -0.1) is 0 Å². The molecule has 4 aromatic heterocycles. The van der Waals surface area contributed by atoms with Gasteiger partial charge in [-0.1, -0.05) is 6.92 Å². The van der Waals surface area contributed by atoms with E-state index in [1.165, 1.54) is 0 Å². The molecule has 5 heterocycles. The zero-order valence-electron chi connectivity index (χ0n) is 20.9. The molecule has 10 heteroatoms. The minimum atomic E-state index is -0.0828. The van der Waals surface area contributed by atoms with E-state index in [1.54, 1.807) is 17.7 Å². The van der Waals surface area contributed by atoms with Crippen molar-refractivity contribution >= 4 is 17.1 Å². The van der Waals surface area contributed by atoms with Crippen LogP contribution in [-0.2, 0) is 13.5 Å². The maximum atomic E-state index is 12.8. The first-order valence-electron chi connectivity index (χ1n) is 12.1. The molecule has 0 saturated carbocycles. The molecule has 1 saturated heterocycles. The Morgan fingerprint density at radius 3 is 2.77 bits per heavy atom. The van der Waals surface area contributed by atoms with Crippen LogP contribution in [0.1, 0.15) is 50.3 Å². The first-order valence-corrected chi connectivity index (χ1v) is 12.1. The van der Waals surface area contributed by atoms with Crippen LogP contribution in [0.4, 0.5) is 5.82 Å². The number of fused-ring (bicyclic) bond motifs is 2. The molecule has 0 bridgehead atoms. The molecule has 1 aliphatic rings. The van der Waals surface area contributed by atoms with Crippen molar-refractivity contribution in [3.8, 4) is 6.07 Å². The lowest BCUT2D eigenvalue weighted by atomic mass is 10.0. The highest BCUT2D eigenvalue weighted by atomic mass is 16.1. The summed E-state index contributed by atoms with van der Waals surface area (Å²) in [6.45, 7) is 10.2. The Balaban J connectivity index is 1.48. The number of hydrogen-bond acceptors (Lipinski definition) is 7. The van der Waals surface area contributed by atoms with Crippen molar-refractivity contribution in [2.24, 2.45) is 7.05 Å². The van der Waals surface area contributed by atoms with Gasteiger partial charge in [0.05, 0.1) is 29.6 Å².